The predicted molar refractivity (Wildman–Crippen MR) is 79.7 cm³/mol. The van der Waals surface area contributed by atoms with Crippen molar-refractivity contribution >= 4 is 11.6 Å². The molecule has 5 heteroatoms. The van der Waals surface area contributed by atoms with Gasteiger partial charge in [-0.05, 0) is 18.6 Å². The zero-order chi connectivity index (χ0) is 14.8. The highest BCUT2D eigenvalue weighted by molar-refractivity contribution is 5.91. The number of anilines is 1. The molecule has 0 bridgehead atoms. The molecule has 0 unspecified atom stereocenters. The molecule has 2 aliphatic heterocycles. The van der Waals surface area contributed by atoms with Crippen molar-refractivity contribution in [3.63, 3.8) is 0 Å². The monoisotopic (exact) mass is 291 g/mol. The number of quaternary nitrogens is 1. The Morgan fingerprint density at radius 1 is 1.24 bits per heavy atom. The van der Waals surface area contributed by atoms with E-state index in [0.717, 1.165) is 24.5 Å². The van der Waals surface area contributed by atoms with Crippen LogP contribution in [0.2, 0.25) is 0 Å². The molecule has 3 rings (SSSR count). The van der Waals surface area contributed by atoms with Crippen molar-refractivity contribution in [1.82, 2.24) is 0 Å². The van der Waals surface area contributed by atoms with Crippen LogP contribution in [0.4, 0.5) is 5.69 Å². The third kappa shape index (κ3) is 3.47. The van der Waals surface area contributed by atoms with Gasteiger partial charge in [-0.15, -0.1) is 0 Å². The second-order valence-electron chi connectivity index (χ2n) is 6.40. The average Bonchev–Trinajstić information content (AvgIpc) is 2.84. The number of hydrogen-bond donors (Lipinski definition) is 2. The van der Waals surface area contributed by atoms with Crippen LogP contribution in [0.15, 0.2) is 18.2 Å². The zero-order valence-corrected chi connectivity index (χ0v) is 12.6. The van der Waals surface area contributed by atoms with Gasteiger partial charge in [0.05, 0.1) is 13.1 Å². The van der Waals surface area contributed by atoms with Gasteiger partial charge in [0.15, 0.2) is 18.0 Å². The first-order valence-corrected chi connectivity index (χ1v) is 7.63. The number of carbonyl (C=O) groups is 1. The van der Waals surface area contributed by atoms with Gasteiger partial charge < -0.3 is 19.7 Å². The lowest BCUT2D eigenvalue weighted by molar-refractivity contribution is -0.904. The van der Waals surface area contributed by atoms with Gasteiger partial charge in [0.2, 0.25) is 6.79 Å². The van der Waals surface area contributed by atoms with E-state index >= 15 is 0 Å². The number of likely N-dealkylation sites (tertiary alicyclic amines) is 1. The van der Waals surface area contributed by atoms with Crippen molar-refractivity contribution in [3.8, 4) is 11.5 Å². The third-order valence-electron chi connectivity index (χ3n) is 4.15. The summed E-state index contributed by atoms with van der Waals surface area (Å²) < 4.78 is 10.6. The number of piperidine rings is 1. The van der Waals surface area contributed by atoms with Gasteiger partial charge in [-0.2, -0.15) is 0 Å². The summed E-state index contributed by atoms with van der Waals surface area (Å²) in [7, 11) is 0. The van der Waals surface area contributed by atoms with Gasteiger partial charge in [-0.3, -0.25) is 4.79 Å². The van der Waals surface area contributed by atoms with Crippen LogP contribution in [0, 0.1) is 11.8 Å². The summed E-state index contributed by atoms with van der Waals surface area (Å²) in [5, 5.41) is 2.95. The maximum Gasteiger partial charge on any atom is 0.279 e. The average molecular weight is 291 g/mol. The summed E-state index contributed by atoms with van der Waals surface area (Å²) >= 11 is 0. The molecule has 1 aromatic rings. The minimum Gasteiger partial charge on any atom is -0.454 e. The molecule has 2 N–H and O–H groups in total. The molecular weight excluding hydrogens is 268 g/mol. The molecule has 1 aromatic carbocycles. The quantitative estimate of drug-likeness (QED) is 0.870. The van der Waals surface area contributed by atoms with Gasteiger partial charge in [0.1, 0.15) is 0 Å². The highest BCUT2D eigenvalue weighted by atomic mass is 16.7. The fraction of sp³-hybridized carbons (Fsp3) is 0.562. The number of benzene rings is 1. The zero-order valence-electron chi connectivity index (χ0n) is 12.6. The van der Waals surface area contributed by atoms with Crippen molar-refractivity contribution in [3.05, 3.63) is 18.2 Å². The molecule has 1 amide bonds. The summed E-state index contributed by atoms with van der Waals surface area (Å²) in [4.78, 5) is 13.6. The van der Waals surface area contributed by atoms with E-state index in [1.807, 2.05) is 18.2 Å². The molecular formula is C16H23N2O3+. The van der Waals surface area contributed by atoms with Crippen LogP contribution in [-0.4, -0.2) is 32.3 Å². The number of nitrogens with one attached hydrogen (secondary N) is 2. The van der Waals surface area contributed by atoms with Crippen LogP contribution in [0.5, 0.6) is 11.5 Å². The van der Waals surface area contributed by atoms with E-state index in [1.54, 1.807) is 0 Å². The smallest absolute Gasteiger partial charge is 0.279 e. The fourth-order valence-electron chi connectivity index (χ4n) is 3.47. The Morgan fingerprint density at radius 3 is 2.71 bits per heavy atom. The van der Waals surface area contributed by atoms with E-state index in [-0.39, 0.29) is 12.7 Å². The van der Waals surface area contributed by atoms with Gasteiger partial charge in [0.25, 0.3) is 5.91 Å². The molecule has 2 aliphatic rings. The van der Waals surface area contributed by atoms with E-state index in [1.165, 1.54) is 11.3 Å². The van der Waals surface area contributed by atoms with Crippen molar-refractivity contribution in [2.45, 2.75) is 20.3 Å². The Bertz CT molecular complexity index is 522. The van der Waals surface area contributed by atoms with Crippen molar-refractivity contribution in [2.24, 2.45) is 11.8 Å². The number of amides is 1. The van der Waals surface area contributed by atoms with E-state index in [9.17, 15) is 4.79 Å². The Labute approximate surface area is 125 Å². The maximum atomic E-state index is 12.2. The second kappa shape index (κ2) is 5.93. The molecule has 2 heterocycles. The molecule has 0 spiro atoms. The first-order chi connectivity index (χ1) is 10.1. The highest BCUT2D eigenvalue weighted by Gasteiger charge is 2.26. The molecule has 0 aromatic heterocycles. The number of rotatable bonds is 3. The number of hydrogen-bond acceptors (Lipinski definition) is 3. The largest absolute Gasteiger partial charge is 0.454 e. The molecule has 5 nitrogen and oxygen atoms in total. The molecule has 1 saturated heterocycles. The highest BCUT2D eigenvalue weighted by Crippen LogP contribution is 2.34. The number of ether oxygens (including phenoxy) is 2. The Morgan fingerprint density at radius 2 is 1.95 bits per heavy atom. The summed E-state index contributed by atoms with van der Waals surface area (Å²) in [6.07, 6.45) is 1.27. The molecule has 21 heavy (non-hydrogen) atoms. The Hall–Kier alpha value is -1.75. The SMILES string of the molecule is C[C@H]1C[C@H](C)C[NH+](CC(=O)Nc2ccc3c(c2)OCO3)C1. The Balaban J connectivity index is 1.56. The molecule has 114 valence electrons. The fourth-order valence-corrected chi connectivity index (χ4v) is 3.47. The van der Waals surface area contributed by atoms with Crippen LogP contribution < -0.4 is 19.7 Å². The van der Waals surface area contributed by atoms with E-state index in [2.05, 4.69) is 19.2 Å². The van der Waals surface area contributed by atoms with E-state index < -0.39 is 0 Å². The first-order valence-electron chi connectivity index (χ1n) is 7.63. The van der Waals surface area contributed by atoms with Crippen LogP contribution in [-0.2, 0) is 4.79 Å². The van der Waals surface area contributed by atoms with Crippen LogP contribution >= 0.6 is 0 Å². The molecule has 2 atom stereocenters. The summed E-state index contributed by atoms with van der Waals surface area (Å²) in [6.45, 7) is 7.48. The summed E-state index contributed by atoms with van der Waals surface area (Å²) in [5.41, 5.74) is 0.766. The van der Waals surface area contributed by atoms with E-state index in [0.29, 0.717) is 24.1 Å². The van der Waals surface area contributed by atoms with Crippen molar-refractivity contribution < 1.29 is 19.2 Å². The minimum absolute atomic E-state index is 0.0603. The normalized spacial score (nSPS) is 27.4. The van der Waals surface area contributed by atoms with Gasteiger partial charge in [-0.25, -0.2) is 0 Å². The van der Waals surface area contributed by atoms with Crippen molar-refractivity contribution in [2.75, 3.05) is 31.7 Å². The Kier molecular flexibility index (Phi) is 4.01. The molecule has 1 fully saturated rings. The third-order valence-corrected chi connectivity index (χ3v) is 4.15. The first kappa shape index (κ1) is 14.2. The topological polar surface area (TPSA) is 52.0 Å². The maximum absolute atomic E-state index is 12.2. The lowest BCUT2D eigenvalue weighted by Crippen LogP contribution is -3.15. The lowest BCUT2D eigenvalue weighted by atomic mass is 9.92. The van der Waals surface area contributed by atoms with Gasteiger partial charge >= 0.3 is 0 Å². The molecule has 0 aliphatic carbocycles. The van der Waals surface area contributed by atoms with Crippen LogP contribution in [0.1, 0.15) is 20.3 Å². The second-order valence-corrected chi connectivity index (χ2v) is 6.40. The molecule has 0 radical (unpaired) electrons. The number of carbonyl (C=O) groups excluding carboxylic acids is 1. The number of fused-ring (bicyclic) bond motifs is 1. The van der Waals surface area contributed by atoms with Crippen LogP contribution in [0.25, 0.3) is 0 Å². The lowest BCUT2D eigenvalue weighted by Gasteiger charge is -2.31. The summed E-state index contributed by atoms with van der Waals surface area (Å²) in [5.74, 6) is 2.88. The van der Waals surface area contributed by atoms with Crippen molar-refractivity contribution in [1.29, 1.82) is 0 Å². The summed E-state index contributed by atoms with van der Waals surface area (Å²) in [6, 6.07) is 5.50. The predicted octanol–water partition coefficient (Wildman–Crippen LogP) is 0.915. The standard InChI is InChI=1S/C16H22N2O3/c1-11-5-12(2)8-18(7-11)9-16(19)17-13-3-4-14-15(6-13)21-10-20-14/h3-4,6,11-12H,5,7-10H2,1-2H3,(H,17,19)/p+1/t11-,12-/m0/s1. The minimum atomic E-state index is 0.0603. The van der Waals surface area contributed by atoms with Gasteiger partial charge in [0, 0.05) is 23.6 Å². The van der Waals surface area contributed by atoms with Gasteiger partial charge in [-0.1, -0.05) is 13.8 Å². The van der Waals surface area contributed by atoms with Crippen LogP contribution in [0.3, 0.4) is 0 Å². The van der Waals surface area contributed by atoms with E-state index in [4.69, 9.17) is 9.47 Å². The molecule has 0 saturated carbocycles.